The van der Waals surface area contributed by atoms with Crippen LogP contribution in [0.3, 0.4) is 0 Å². The topological polar surface area (TPSA) is 106 Å². The maximum absolute atomic E-state index is 5.48. The summed E-state index contributed by atoms with van der Waals surface area (Å²) in [5.41, 5.74) is 3.06. The van der Waals surface area contributed by atoms with Gasteiger partial charge in [0.1, 0.15) is 0 Å². The van der Waals surface area contributed by atoms with Crippen LogP contribution >= 0.6 is 0 Å². The van der Waals surface area contributed by atoms with Crippen LogP contribution in [0.2, 0.25) is 0 Å². The maximum Gasteiger partial charge on any atom is 0.190 e. The Morgan fingerprint density at radius 2 is 1.21 bits per heavy atom. The Labute approximate surface area is 195 Å². The number of methoxy groups -OCH3 is 2. The summed E-state index contributed by atoms with van der Waals surface area (Å²) in [6, 6.07) is 24.9. The normalized spacial score (nSPS) is 10.6. The highest BCUT2D eigenvalue weighted by Gasteiger charge is 2.22. The standard InChI is InChI=1S/C24H20N8O2/c1-33-21-14-13-17(16-22(21)34-2)15-20(23-25-27-29-31(23)18-9-5-3-6-10-18)24-26-28-30-32(24)19-11-7-4-8-12-19/h3-16H,1-2H3. The molecule has 2 aromatic heterocycles. The van der Waals surface area contributed by atoms with E-state index in [0.29, 0.717) is 28.7 Å². The summed E-state index contributed by atoms with van der Waals surface area (Å²) >= 11 is 0. The molecule has 0 aliphatic carbocycles. The predicted molar refractivity (Wildman–Crippen MR) is 125 cm³/mol. The zero-order chi connectivity index (χ0) is 23.3. The van der Waals surface area contributed by atoms with Crippen LogP contribution in [0.5, 0.6) is 11.5 Å². The number of rotatable bonds is 7. The third-order valence-corrected chi connectivity index (χ3v) is 5.14. The molecule has 0 aliphatic rings. The Morgan fingerprint density at radius 3 is 1.71 bits per heavy atom. The van der Waals surface area contributed by atoms with Crippen LogP contribution in [0.15, 0.2) is 78.9 Å². The first-order valence-corrected chi connectivity index (χ1v) is 10.4. The van der Waals surface area contributed by atoms with E-state index in [0.717, 1.165) is 16.9 Å². The van der Waals surface area contributed by atoms with Crippen LogP contribution in [-0.2, 0) is 0 Å². The van der Waals surface area contributed by atoms with Crippen molar-refractivity contribution < 1.29 is 9.47 Å². The van der Waals surface area contributed by atoms with Crippen LogP contribution in [0.1, 0.15) is 17.2 Å². The molecule has 10 nitrogen and oxygen atoms in total. The van der Waals surface area contributed by atoms with Gasteiger partial charge in [-0.2, -0.15) is 9.36 Å². The van der Waals surface area contributed by atoms with Gasteiger partial charge in [-0.1, -0.05) is 42.5 Å². The zero-order valence-electron chi connectivity index (χ0n) is 18.5. The fraction of sp³-hybridized carbons (Fsp3) is 0.0833. The predicted octanol–water partition coefficient (Wildman–Crippen LogP) is 3.24. The van der Waals surface area contributed by atoms with E-state index in [1.807, 2.05) is 84.9 Å². The SMILES string of the molecule is COc1ccc(C=C(c2nnnn2-c2ccccc2)c2nnnn2-c2ccccc2)cc1OC. The highest BCUT2D eigenvalue weighted by molar-refractivity contribution is 5.87. The van der Waals surface area contributed by atoms with E-state index in [-0.39, 0.29) is 0 Å². The van der Waals surface area contributed by atoms with Gasteiger partial charge in [-0.25, -0.2) is 0 Å². The van der Waals surface area contributed by atoms with Gasteiger partial charge in [0.2, 0.25) is 0 Å². The van der Waals surface area contributed by atoms with Crippen LogP contribution in [-0.4, -0.2) is 54.6 Å². The van der Waals surface area contributed by atoms with Crippen molar-refractivity contribution in [1.29, 1.82) is 0 Å². The maximum atomic E-state index is 5.48. The van der Waals surface area contributed by atoms with Gasteiger partial charge in [0.05, 0.1) is 31.2 Å². The summed E-state index contributed by atoms with van der Waals surface area (Å²) in [7, 11) is 3.19. The van der Waals surface area contributed by atoms with Crippen molar-refractivity contribution in [2.75, 3.05) is 14.2 Å². The van der Waals surface area contributed by atoms with Crippen LogP contribution in [0.4, 0.5) is 0 Å². The lowest BCUT2D eigenvalue weighted by Crippen LogP contribution is -2.08. The first kappa shape index (κ1) is 21.0. The number of ether oxygens (including phenoxy) is 2. The summed E-state index contributed by atoms with van der Waals surface area (Å²) < 4.78 is 14.2. The van der Waals surface area contributed by atoms with Gasteiger partial charge in [0, 0.05) is 0 Å². The van der Waals surface area contributed by atoms with Crippen molar-refractivity contribution in [3.63, 3.8) is 0 Å². The quantitative estimate of drug-likeness (QED) is 0.371. The van der Waals surface area contributed by atoms with Crippen molar-refractivity contribution in [1.82, 2.24) is 40.4 Å². The van der Waals surface area contributed by atoms with E-state index in [4.69, 9.17) is 9.47 Å². The Kier molecular flexibility index (Phi) is 5.76. The molecule has 0 spiro atoms. The van der Waals surface area contributed by atoms with Crippen molar-refractivity contribution >= 4 is 11.6 Å². The Morgan fingerprint density at radius 1 is 0.676 bits per heavy atom. The van der Waals surface area contributed by atoms with Crippen molar-refractivity contribution in [2.45, 2.75) is 0 Å². The Bertz CT molecular complexity index is 1350. The monoisotopic (exact) mass is 452 g/mol. The average Bonchev–Trinajstić information content (AvgIpc) is 3.58. The molecule has 0 amide bonds. The number of para-hydroxylation sites is 2. The summed E-state index contributed by atoms with van der Waals surface area (Å²) in [4.78, 5) is 0. The molecule has 0 radical (unpaired) electrons. The van der Waals surface area contributed by atoms with Crippen LogP contribution < -0.4 is 9.47 Å². The van der Waals surface area contributed by atoms with E-state index in [1.165, 1.54) is 0 Å². The zero-order valence-corrected chi connectivity index (χ0v) is 18.5. The first-order chi connectivity index (χ1) is 16.8. The fourth-order valence-corrected chi connectivity index (χ4v) is 3.53. The first-order valence-electron chi connectivity index (χ1n) is 10.4. The van der Waals surface area contributed by atoms with Gasteiger partial charge in [0.15, 0.2) is 23.1 Å². The van der Waals surface area contributed by atoms with Gasteiger partial charge in [-0.3, -0.25) is 0 Å². The smallest absolute Gasteiger partial charge is 0.190 e. The van der Waals surface area contributed by atoms with E-state index in [2.05, 4.69) is 31.1 Å². The number of benzene rings is 3. The lowest BCUT2D eigenvalue weighted by molar-refractivity contribution is 0.355. The van der Waals surface area contributed by atoms with Gasteiger partial charge < -0.3 is 9.47 Å². The van der Waals surface area contributed by atoms with E-state index < -0.39 is 0 Å². The van der Waals surface area contributed by atoms with Gasteiger partial charge in [-0.15, -0.1) is 10.2 Å². The summed E-state index contributed by atoms with van der Waals surface area (Å²) in [6.07, 6.45) is 1.91. The van der Waals surface area contributed by atoms with E-state index >= 15 is 0 Å². The van der Waals surface area contributed by atoms with Crippen molar-refractivity contribution in [3.8, 4) is 22.9 Å². The average molecular weight is 452 g/mol. The van der Waals surface area contributed by atoms with Crippen molar-refractivity contribution in [2.24, 2.45) is 0 Å². The molecule has 10 heteroatoms. The summed E-state index contributed by atoms with van der Waals surface area (Å²) in [6.45, 7) is 0. The second-order valence-corrected chi connectivity index (χ2v) is 7.17. The van der Waals surface area contributed by atoms with Crippen LogP contribution in [0, 0.1) is 0 Å². The highest BCUT2D eigenvalue weighted by atomic mass is 16.5. The largest absolute Gasteiger partial charge is 0.493 e. The lowest BCUT2D eigenvalue weighted by Gasteiger charge is -2.11. The highest BCUT2D eigenvalue weighted by Crippen LogP contribution is 2.31. The third-order valence-electron chi connectivity index (χ3n) is 5.14. The number of tetrazole rings is 2. The molecule has 0 fully saturated rings. The molecule has 0 unspecified atom stereocenters. The number of hydrogen-bond donors (Lipinski definition) is 0. The van der Waals surface area contributed by atoms with Crippen LogP contribution in [0.25, 0.3) is 23.0 Å². The Hall–Kier alpha value is -4.86. The molecular formula is C24H20N8O2. The molecular weight excluding hydrogens is 432 g/mol. The van der Waals surface area contributed by atoms with E-state index in [1.54, 1.807) is 23.6 Å². The third kappa shape index (κ3) is 3.99. The minimum absolute atomic E-state index is 0.480. The van der Waals surface area contributed by atoms with Gasteiger partial charge in [-0.05, 0) is 68.9 Å². The molecule has 5 rings (SSSR count). The molecule has 0 atom stereocenters. The Balaban J connectivity index is 1.72. The lowest BCUT2D eigenvalue weighted by atomic mass is 10.1. The molecule has 168 valence electrons. The molecule has 0 bridgehead atoms. The molecule has 34 heavy (non-hydrogen) atoms. The van der Waals surface area contributed by atoms with Gasteiger partial charge >= 0.3 is 0 Å². The minimum Gasteiger partial charge on any atom is -0.493 e. The molecule has 5 aromatic rings. The molecule has 0 N–H and O–H groups in total. The molecule has 0 saturated heterocycles. The summed E-state index contributed by atoms with van der Waals surface area (Å²) in [5.74, 6) is 2.19. The number of aromatic nitrogens is 8. The van der Waals surface area contributed by atoms with Gasteiger partial charge in [0.25, 0.3) is 0 Å². The van der Waals surface area contributed by atoms with Crippen molar-refractivity contribution in [3.05, 3.63) is 96.1 Å². The summed E-state index contributed by atoms with van der Waals surface area (Å²) in [5, 5.41) is 24.9. The second-order valence-electron chi connectivity index (χ2n) is 7.17. The molecule has 0 saturated carbocycles. The second kappa shape index (κ2) is 9.33. The molecule has 2 heterocycles. The molecule has 3 aromatic carbocycles. The minimum atomic E-state index is 0.480. The van der Waals surface area contributed by atoms with E-state index in [9.17, 15) is 0 Å². The number of nitrogens with zero attached hydrogens (tertiary/aromatic N) is 8. The molecule has 0 aliphatic heterocycles. The number of hydrogen-bond acceptors (Lipinski definition) is 8. The fourth-order valence-electron chi connectivity index (χ4n) is 3.53.